The average Bonchev–Trinajstić information content (AvgIpc) is 2.39. The monoisotopic (exact) mass is 270 g/mol. The lowest BCUT2D eigenvalue weighted by atomic mass is 10.1. The quantitative estimate of drug-likeness (QED) is 0.608. The van der Waals surface area contributed by atoms with Crippen LogP contribution in [0.5, 0.6) is 0 Å². The van der Waals surface area contributed by atoms with Gasteiger partial charge in [-0.05, 0) is 32.1 Å². The second kappa shape index (κ2) is 8.53. The van der Waals surface area contributed by atoms with Gasteiger partial charge in [-0.1, -0.05) is 6.08 Å². The highest BCUT2D eigenvalue weighted by Crippen LogP contribution is 2.14. The summed E-state index contributed by atoms with van der Waals surface area (Å²) >= 11 is 0. The van der Waals surface area contributed by atoms with Gasteiger partial charge in [0.2, 0.25) is 0 Å². The van der Waals surface area contributed by atoms with Gasteiger partial charge in [-0.15, -0.1) is 6.58 Å². The zero-order valence-electron chi connectivity index (χ0n) is 11.1. The molecule has 6 nitrogen and oxygen atoms in total. The molecular weight excluding hydrogens is 248 g/mol. The number of amides is 2. The van der Waals surface area contributed by atoms with Gasteiger partial charge in [-0.3, -0.25) is 0 Å². The summed E-state index contributed by atoms with van der Waals surface area (Å²) in [6.45, 7) is 4.73. The minimum absolute atomic E-state index is 0.203. The average molecular weight is 270 g/mol. The first-order valence-corrected chi connectivity index (χ1v) is 6.63. The number of carboxylic acids is 1. The Balaban J connectivity index is 2.18. The summed E-state index contributed by atoms with van der Waals surface area (Å²) in [5.41, 5.74) is 0. The van der Waals surface area contributed by atoms with Gasteiger partial charge >= 0.3 is 12.0 Å². The molecule has 108 valence electrons. The summed E-state index contributed by atoms with van der Waals surface area (Å²) in [6.07, 6.45) is 5.93. The van der Waals surface area contributed by atoms with Crippen LogP contribution < -0.4 is 10.6 Å². The van der Waals surface area contributed by atoms with Crippen LogP contribution in [-0.2, 0) is 9.53 Å². The van der Waals surface area contributed by atoms with Crippen LogP contribution in [0.1, 0.15) is 32.1 Å². The summed E-state index contributed by atoms with van der Waals surface area (Å²) in [6, 6.07) is -1.39. The molecule has 1 heterocycles. The molecule has 2 unspecified atom stereocenters. The second-order valence-electron chi connectivity index (χ2n) is 4.59. The van der Waals surface area contributed by atoms with E-state index in [0.29, 0.717) is 6.54 Å². The number of carboxylic acid groups (broad SMARTS) is 1. The Morgan fingerprint density at radius 2 is 2.26 bits per heavy atom. The Morgan fingerprint density at radius 1 is 1.47 bits per heavy atom. The minimum atomic E-state index is -1.06. The van der Waals surface area contributed by atoms with Crippen molar-refractivity contribution in [1.82, 2.24) is 10.6 Å². The molecule has 2 amide bonds. The third kappa shape index (κ3) is 6.24. The van der Waals surface area contributed by atoms with Crippen molar-refractivity contribution in [3.8, 4) is 0 Å². The zero-order valence-corrected chi connectivity index (χ0v) is 11.1. The standard InChI is InChI=1S/C13H22N2O4/c1-2-5-11(12(16)17)15-13(18)14-8-7-10-6-3-4-9-19-10/h2,10-11H,1,3-9H2,(H,16,17)(H2,14,15,18). The van der Waals surface area contributed by atoms with Gasteiger partial charge in [0.25, 0.3) is 0 Å². The van der Waals surface area contributed by atoms with E-state index in [0.717, 1.165) is 32.3 Å². The lowest BCUT2D eigenvalue weighted by Crippen LogP contribution is -2.46. The summed E-state index contributed by atoms with van der Waals surface area (Å²) in [5.74, 6) is -1.06. The molecule has 3 N–H and O–H groups in total. The first kappa shape index (κ1) is 15.5. The SMILES string of the molecule is C=CCC(NC(=O)NCCC1CCCCO1)C(=O)O. The van der Waals surface area contributed by atoms with E-state index >= 15 is 0 Å². The highest BCUT2D eigenvalue weighted by atomic mass is 16.5. The second-order valence-corrected chi connectivity index (χ2v) is 4.59. The van der Waals surface area contributed by atoms with E-state index in [4.69, 9.17) is 9.84 Å². The summed E-state index contributed by atoms with van der Waals surface area (Å²) in [7, 11) is 0. The Morgan fingerprint density at radius 3 is 2.84 bits per heavy atom. The van der Waals surface area contributed by atoms with E-state index in [9.17, 15) is 9.59 Å². The molecule has 1 fully saturated rings. The lowest BCUT2D eigenvalue weighted by molar-refractivity contribution is -0.139. The summed E-state index contributed by atoms with van der Waals surface area (Å²) < 4.78 is 5.54. The van der Waals surface area contributed by atoms with Gasteiger partial charge < -0.3 is 20.5 Å². The van der Waals surface area contributed by atoms with Crippen molar-refractivity contribution in [3.63, 3.8) is 0 Å². The number of ether oxygens (including phenoxy) is 1. The van der Waals surface area contributed by atoms with Gasteiger partial charge in [0.15, 0.2) is 0 Å². The topological polar surface area (TPSA) is 87.7 Å². The number of nitrogens with one attached hydrogen (secondary N) is 2. The van der Waals surface area contributed by atoms with Crippen molar-refractivity contribution >= 4 is 12.0 Å². The van der Waals surface area contributed by atoms with Crippen LogP contribution in [0.15, 0.2) is 12.7 Å². The van der Waals surface area contributed by atoms with Gasteiger partial charge in [0.05, 0.1) is 6.10 Å². The van der Waals surface area contributed by atoms with Gasteiger partial charge in [-0.2, -0.15) is 0 Å². The minimum Gasteiger partial charge on any atom is -0.480 e. The fourth-order valence-electron chi connectivity index (χ4n) is 1.98. The van der Waals surface area contributed by atoms with Crippen LogP contribution in [-0.4, -0.2) is 42.4 Å². The van der Waals surface area contributed by atoms with Crippen molar-refractivity contribution in [2.75, 3.05) is 13.2 Å². The fraction of sp³-hybridized carbons (Fsp3) is 0.692. The Labute approximate surface area is 113 Å². The fourth-order valence-corrected chi connectivity index (χ4v) is 1.98. The first-order valence-electron chi connectivity index (χ1n) is 6.63. The van der Waals surface area contributed by atoms with Gasteiger partial charge in [0.1, 0.15) is 6.04 Å². The number of hydrogen-bond acceptors (Lipinski definition) is 3. The largest absolute Gasteiger partial charge is 0.480 e. The molecule has 1 aliphatic heterocycles. The van der Waals surface area contributed by atoms with Gasteiger partial charge in [-0.25, -0.2) is 9.59 Å². The van der Waals surface area contributed by atoms with Crippen molar-refractivity contribution in [2.24, 2.45) is 0 Å². The maximum absolute atomic E-state index is 11.5. The maximum atomic E-state index is 11.5. The Bertz CT molecular complexity index is 314. The van der Waals surface area contributed by atoms with Crippen LogP contribution in [0.4, 0.5) is 4.79 Å². The molecular formula is C13H22N2O4. The third-order valence-electron chi connectivity index (χ3n) is 3.03. The van der Waals surface area contributed by atoms with Crippen LogP contribution in [0, 0.1) is 0 Å². The Kier molecular flexibility index (Phi) is 6.95. The number of carbonyl (C=O) groups excluding carboxylic acids is 1. The normalized spacial score (nSPS) is 20.3. The molecule has 1 saturated heterocycles. The van der Waals surface area contributed by atoms with Crippen LogP contribution >= 0.6 is 0 Å². The molecule has 19 heavy (non-hydrogen) atoms. The molecule has 2 atom stereocenters. The highest BCUT2D eigenvalue weighted by molar-refractivity contribution is 5.82. The maximum Gasteiger partial charge on any atom is 0.326 e. The van der Waals surface area contributed by atoms with Crippen LogP contribution in [0.3, 0.4) is 0 Å². The molecule has 0 aromatic rings. The van der Waals surface area contributed by atoms with Crippen molar-refractivity contribution < 1.29 is 19.4 Å². The Hall–Kier alpha value is -1.56. The summed E-state index contributed by atoms with van der Waals surface area (Å²) in [5, 5.41) is 13.9. The lowest BCUT2D eigenvalue weighted by Gasteiger charge is -2.22. The predicted molar refractivity (Wildman–Crippen MR) is 71.0 cm³/mol. The van der Waals surface area contributed by atoms with Crippen molar-refractivity contribution in [3.05, 3.63) is 12.7 Å². The van der Waals surface area contributed by atoms with Crippen LogP contribution in [0.2, 0.25) is 0 Å². The van der Waals surface area contributed by atoms with E-state index in [1.54, 1.807) is 0 Å². The zero-order chi connectivity index (χ0) is 14.1. The third-order valence-corrected chi connectivity index (χ3v) is 3.03. The molecule has 0 aromatic heterocycles. The van der Waals surface area contributed by atoms with E-state index < -0.39 is 18.0 Å². The molecule has 0 spiro atoms. The predicted octanol–water partition coefficient (Wildman–Crippen LogP) is 1.27. The number of aliphatic carboxylic acids is 1. The number of carbonyl (C=O) groups is 2. The van der Waals surface area contributed by atoms with E-state index in [2.05, 4.69) is 17.2 Å². The molecule has 1 aliphatic rings. The number of urea groups is 1. The van der Waals surface area contributed by atoms with Crippen molar-refractivity contribution in [2.45, 2.75) is 44.2 Å². The number of hydrogen-bond donors (Lipinski definition) is 3. The highest BCUT2D eigenvalue weighted by Gasteiger charge is 2.18. The van der Waals surface area contributed by atoms with E-state index in [-0.39, 0.29) is 12.5 Å². The van der Waals surface area contributed by atoms with Crippen molar-refractivity contribution in [1.29, 1.82) is 0 Å². The summed E-state index contributed by atoms with van der Waals surface area (Å²) in [4.78, 5) is 22.3. The smallest absolute Gasteiger partial charge is 0.326 e. The van der Waals surface area contributed by atoms with E-state index in [1.807, 2.05) is 0 Å². The molecule has 0 bridgehead atoms. The molecule has 0 radical (unpaired) electrons. The van der Waals surface area contributed by atoms with Gasteiger partial charge in [0, 0.05) is 13.2 Å². The van der Waals surface area contributed by atoms with Crippen LogP contribution in [0.25, 0.3) is 0 Å². The van der Waals surface area contributed by atoms with E-state index in [1.165, 1.54) is 6.08 Å². The molecule has 1 rings (SSSR count). The molecule has 0 aliphatic carbocycles. The molecule has 0 saturated carbocycles. The number of rotatable bonds is 7. The molecule has 0 aromatic carbocycles. The molecule has 6 heteroatoms. The first-order chi connectivity index (χ1) is 9.13.